The highest BCUT2D eigenvalue weighted by atomic mass is 35.5. The van der Waals surface area contributed by atoms with Crippen molar-refractivity contribution in [1.29, 1.82) is 0 Å². The molecule has 2 fully saturated rings. The summed E-state index contributed by atoms with van der Waals surface area (Å²) >= 11 is 0. The Hall–Kier alpha value is -2.05. The molecule has 3 heterocycles. The van der Waals surface area contributed by atoms with E-state index in [1.165, 1.54) is 12.8 Å². The molecule has 2 saturated heterocycles. The number of carbonyl (C=O) groups is 1. The number of carbonyl (C=O) groups excluding carboxylic acids is 1. The van der Waals surface area contributed by atoms with Crippen LogP contribution in [0.25, 0.3) is 0 Å². The molecule has 6 nitrogen and oxygen atoms in total. The molecular weight excluding hydrogens is 378 g/mol. The van der Waals surface area contributed by atoms with Gasteiger partial charge in [0.05, 0.1) is 11.3 Å². The first-order chi connectivity index (χ1) is 13.0. The molecule has 2 aromatic rings. The molecule has 2 aliphatic heterocycles. The van der Waals surface area contributed by atoms with Gasteiger partial charge < -0.3 is 19.5 Å². The van der Waals surface area contributed by atoms with Crippen LogP contribution in [0.5, 0.6) is 5.75 Å². The minimum Gasteiger partial charge on any atom is -0.489 e. The van der Waals surface area contributed by atoms with Crippen molar-refractivity contribution >= 4 is 18.3 Å². The van der Waals surface area contributed by atoms with Crippen molar-refractivity contribution in [3.8, 4) is 5.75 Å². The number of aromatic nitrogens is 1. The number of hydrogen-bond acceptors (Lipinski definition) is 5. The van der Waals surface area contributed by atoms with Crippen LogP contribution in [-0.2, 0) is 6.61 Å². The number of aryl methyl sites for hydroxylation is 2. The Morgan fingerprint density at radius 3 is 2.64 bits per heavy atom. The fourth-order valence-electron chi connectivity index (χ4n) is 4.30. The summed E-state index contributed by atoms with van der Waals surface area (Å²) in [6.45, 7) is 4.16. The fourth-order valence-corrected chi connectivity index (χ4v) is 4.30. The highest BCUT2D eigenvalue weighted by Crippen LogP contribution is 2.30. The van der Waals surface area contributed by atoms with Gasteiger partial charge >= 0.3 is 0 Å². The van der Waals surface area contributed by atoms with Gasteiger partial charge in [0.25, 0.3) is 5.91 Å². The average Bonchev–Trinajstić information content (AvgIpc) is 3.19. The van der Waals surface area contributed by atoms with Gasteiger partial charge in [0.2, 0.25) is 0 Å². The van der Waals surface area contributed by atoms with Gasteiger partial charge in [-0.05, 0) is 57.7 Å². The summed E-state index contributed by atoms with van der Waals surface area (Å²) in [7, 11) is 1.93. The van der Waals surface area contributed by atoms with Crippen molar-refractivity contribution in [2.45, 2.75) is 64.3 Å². The smallest absolute Gasteiger partial charge is 0.253 e. The number of nitrogens with one attached hydrogen (secondary N) is 1. The van der Waals surface area contributed by atoms with Crippen LogP contribution in [0.15, 0.2) is 28.8 Å². The van der Waals surface area contributed by atoms with Crippen LogP contribution < -0.4 is 10.1 Å². The first-order valence-corrected chi connectivity index (χ1v) is 9.69. The van der Waals surface area contributed by atoms with E-state index in [2.05, 4.69) is 10.5 Å². The number of ether oxygens (including phenoxy) is 1. The van der Waals surface area contributed by atoms with Gasteiger partial charge in [0, 0.05) is 30.7 Å². The molecule has 1 aromatic heterocycles. The summed E-state index contributed by atoms with van der Waals surface area (Å²) < 4.78 is 11.1. The minimum atomic E-state index is 0. The number of halogens is 1. The van der Waals surface area contributed by atoms with Crippen LogP contribution in [0.4, 0.5) is 0 Å². The molecular formula is C21H28ClN3O3. The zero-order valence-electron chi connectivity index (χ0n) is 16.6. The Balaban J connectivity index is 0.00000225. The third-order valence-electron chi connectivity index (χ3n) is 5.96. The molecule has 1 N–H and O–H groups in total. The van der Waals surface area contributed by atoms with Gasteiger partial charge in [-0.25, -0.2) is 0 Å². The highest BCUT2D eigenvalue weighted by molar-refractivity contribution is 5.94. The number of amides is 1. The van der Waals surface area contributed by atoms with Gasteiger partial charge in [-0.2, -0.15) is 0 Å². The van der Waals surface area contributed by atoms with Crippen molar-refractivity contribution in [3.63, 3.8) is 0 Å². The van der Waals surface area contributed by atoms with E-state index in [-0.39, 0.29) is 18.3 Å². The maximum atomic E-state index is 13.0. The van der Waals surface area contributed by atoms with Gasteiger partial charge in [0.1, 0.15) is 18.1 Å². The second-order valence-corrected chi connectivity index (χ2v) is 7.80. The molecule has 0 radical (unpaired) electrons. The molecule has 1 aromatic carbocycles. The quantitative estimate of drug-likeness (QED) is 0.822. The largest absolute Gasteiger partial charge is 0.489 e. The van der Waals surface area contributed by atoms with Gasteiger partial charge in [-0.15, -0.1) is 12.4 Å². The van der Waals surface area contributed by atoms with E-state index in [1.807, 2.05) is 50.1 Å². The van der Waals surface area contributed by atoms with Crippen molar-refractivity contribution in [2.24, 2.45) is 0 Å². The van der Waals surface area contributed by atoms with Crippen LogP contribution in [0.2, 0.25) is 0 Å². The maximum absolute atomic E-state index is 13.0. The van der Waals surface area contributed by atoms with E-state index < -0.39 is 0 Å². The molecule has 1 amide bonds. The first-order valence-electron chi connectivity index (χ1n) is 9.69. The molecule has 152 valence electrons. The number of fused-ring (bicyclic) bond motifs is 2. The second-order valence-electron chi connectivity index (χ2n) is 7.80. The molecule has 2 bridgehead atoms. The molecule has 2 unspecified atom stereocenters. The van der Waals surface area contributed by atoms with Gasteiger partial charge in [-0.1, -0.05) is 11.2 Å². The summed E-state index contributed by atoms with van der Waals surface area (Å²) in [5.41, 5.74) is 2.45. The van der Waals surface area contributed by atoms with Crippen molar-refractivity contribution in [2.75, 3.05) is 7.05 Å². The summed E-state index contributed by atoms with van der Waals surface area (Å²) in [4.78, 5) is 14.9. The normalized spacial score (nSPS) is 23.2. The lowest BCUT2D eigenvalue weighted by molar-refractivity contribution is 0.0681. The van der Waals surface area contributed by atoms with Crippen LogP contribution in [0.3, 0.4) is 0 Å². The zero-order chi connectivity index (χ0) is 19.0. The number of piperidine rings is 1. The number of rotatable bonds is 5. The van der Waals surface area contributed by atoms with E-state index in [0.717, 1.165) is 29.9 Å². The molecule has 2 atom stereocenters. The second kappa shape index (κ2) is 8.53. The number of benzene rings is 1. The Kier molecular flexibility index (Phi) is 6.30. The molecule has 2 aliphatic rings. The number of hydrogen-bond donors (Lipinski definition) is 1. The molecule has 28 heavy (non-hydrogen) atoms. The van der Waals surface area contributed by atoms with E-state index in [9.17, 15) is 4.79 Å². The summed E-state index contributed by atoms with van der Waals surface area (Å²) in [5, 5.41) is 7.58. The van der Waals surface area contributed by atoms with Gasteiger partial charge in [0.15, 0.2) is 0 Å². The fraction of sp³-hybridized carbons (Fsp3) is 0.524. The third-order valence-corrected chi connectivity index (χ3v) is 5.96. The van der Waals surface area contributed by atoms with E-state index in [0.29, 0.717) is 36.0 Å². The van der Waals surface area contributed by atoms with Crippen molar-refractivity contribution < 1.29 is 14.1 Å². The predicted molar refractivity (Wildman–Crippen MR) is 109 cm³/mol. The zero-order valence-corrected chi connectivity index (χ0v) is 17.4. The summed E-state index contributed by atoms with van der Waals surface area (Å²) in [5.74, 6) is 1.50. The first kappa shape index (κ1) is 20.7. The Bertz CT molecular complexity index is 807. The molecule has 0 saturated carbocycles. The third kappa shape index (κ3) is 4.18. The molecule has 0 spiro atoms. The van der Waals surface area contributed by atoms with Gasteiger partial charge in [-0.3, -0.25) is 4.79 Å². The Labute approximate surface area is 172 Å². The van der Waals surface area contributed by atoms with E-state index >= 15 is 0 Å². The van der Waals surface area contributed by atoms with Crippen LogP contribution in [0.1, 0.15) is 53.1 Å². The minimum absolute atomic E-state index is 0. The molecule has 7 heteroatoms. The average molecular weight is 406 g/mol. The Morgan fingerprint density at radius 2 is 2.00 bits per heavy atom. The van der Waals surface area contributed by atoms with Crippen LogP contribution >= 0.6 is 12.4 Å². The lowest BCUT2D eigenvalue weighted by atomic mass is 9.98. The maximum Gasteiger partial charge on any atom is 0.253 e. The lowest BCUT2D eigenvalue weighted by Gasteiger charge is -2.35. The molecule has 0 aliphatic carbocycles. The van der Waals surface area contributed by atoms with Crippen LogP contribution in [-0.4, -0.2) is 41.1 Å². The molecule has 4 rings (SSSR count). The highest BCUT2D eigenvalue weighted by Gasteiger charge is 2.36. The predicted octanol–water partition coefficient (Wildman–Crippen LogP) is 3.65. The summed E-state index contributed by atoms with van der Waals surface area (Å²) in [6.07, 6.45) is 4.55. The van der Waals surface area contributed by atoms with E-state index in [4.69, 9.17) is 9.26 Å². The monoisotopic (exact) mass is 405 g/mol. The SMILES string of the molecule is Cc1noc(C)c1COc1cccc(C(=O)N(C)C2CC3CCC(C2)N3)c1.Cl. The van der Waals surface area contributed by atoms with Crippen molar-refractivity contribution in [3.05, 3.63) is 46.8 Å². The lowest BCUT2D eigenvalue weighted by Crippen LogP contribution is -2.48. The number of nitrogens with zero attached hydrogens (tertiary/aromatic N) is 2. The van der Waals surface area contributed by atoms with E-state index in [1.54, 1.807) is 0 Å². The van der Waals surface area contributed by atoms with Crippen molar-refractivity contribution in [1.82, 2.24) is 15.4 Å². The Morgan fingerprint density at radius 1 is 1.29 bits per heavy atom. The summed E-state index contributed by atoms with van der Waals surface area (Å²) in [6, 6.07) is 8.87. The standard InChI is InChI=1S/C21H27N3O3.ClH/c1-13-20(14(2)27-23-13)12-26-19-6-4-5-15(9-19)21(25)24(3)18-10-16-7-8-17(11-18)22-16;/h4-6,9,16-18,22H,7-8,10-12H2,1-3H3;1H. The topological polar surface area (TPSA) is 67.6 Å². The van der Waals surface area contributed by atoms with Crippen LogP contribution in [0, 0.1) is 13.8 Å².